The highest BCUT2D eigenvalue weighted by molar-refractivity contribution is 5.72. The number of ether oxygens (including phenoxy) is 1. The molecule has 0 aliphatic rings. The van der Waals surface area contributed by atoms with E-state index in [1.807, 2.05) is 6.92 Å². The van der Waals surface area contributed by atoms with E-state index >= 15 is 0 Å². The number of hydrogen-bond donors (Lipinski definition) is 1. The molecule has 0 radical (unpaired) electrons. The molecular weight excluding hydrogens is 204 g/mol. The summed E-state index contributed by atoms with van der Waals surface area (Å²) in [6.07, 6.45) is 0. The lowest BCUT2D eigenvalue weighted by atomic mass is 10.1. The van der Waals surface area contributed by atoms with Gasteiger partial charge in [-0.1, -0.05) is 20.8 Å². The van der Waals surface area contributed by atoms with Gasteiger partial charge in [-0.05, 0) is 20.0 Å². The van der Waals surface area contributed by atoms with Crippen molar-refractivity contribution < 1.29 is 9.53 Å². The fourth-order valence-corrected chi connectivity index (χ4v) is 1.60. The first-order valence-corrected chi connectivity index (χ1v) is 6.08. The molecule has 4 heteroatoms. The summed E-state index contributed by atoms with van der Waals surface area (Å²) < 4.78 is 4.68. The van der Waals surface area contributed by atoms with Crippen molar-refractivity contribution in [1.82, 2.24) is 10.2 Å². The van der Waals surface area contributed by atoms with E-state index < -0.39 is 0 Å². The second kappa shape index (κ2) is 8.53. The topological polar surface area (TPSA) is 41.6 Å². The highest BCUT2D eigenvalue weighted by atomic mass is 16.5. The molecule has 0 bridgehead atoms. The smallest absolute Gasteiger partial charge is 0.309 e. The van der Waals surface area contributed by atoms with Crippen molar-refractivity contribution in [2.75, 3.05) is 33.3 Å². The highest BCUT2D eigenvalue weighted by Crippen LogP contribution is 1.97. The van der Waals surface area contributed by atoms with Crippen LogP contribution in [0.15, 0.2) is 0 Å². The third-order valence-corrected chi connectivity index (χ3v) is 2.80. The van der Waals surface area contributed by atoms with Crippen LogP contribution in [-0.2, 0) is 9.53 Å². The van der Waals surface area contributed by atoms with Crippen LogP contribution in [0.4, 0.5) is 0 Å². The third-order valence-electron chi connectivity index (χ3n) is 2.80. The second-order valence-corrected chi connectivity index (χ2v) is 4.22. The number of nitrogens with zero attached hydrogens (tertiary/aromatic N) is 1. The highest BCUT2D eigenvalue weighted by Gasteiger charge is 2.14. The van der Waals surface area contributed by atoms with Gasteiger partial charge in [0.1, 0.15) is 0 Å². The van der Waals surface area contributed by atoms with E-state index in [1.54, 1.807) is 0 Å². The van der Waals surface area contributed by atoms with Gasteiger partial charge in [-0.25, -0.2) is 0 Å². The van der Waals surface area contributed by atoms with E-state index in [0.717, 1.165) is 19.6 Å². The molecule has 0 saturated carbocycles. The maximum Gasteiger partial charge on any atom is 0.309 e. The first-order chi connectivity index (χ1) is 7.54. The Morgan fingerprint density at radius 2 is 1.88 bits per heavy atom. The van der Waals surface area contributed by atoms with Gasteiger partial charge in [0.05, 0.1) is 13.0 Å². The summed E-state index contributed by atoms with van der Waals surface area (Å²) >= 11 is 0. The lowest BCUT2D eigenvalue weighted by molar-refractivity contribution is -0.144. The van der Waals surface area contributed by atoms with Crippen molar-refractivity contribution in [2.24, 2.45) is 5.92 Å². The molecule has 96 valence electrons. The van der Waals surface area contributed by atoms with E-state index in [2.05, 4.69) is 35.7 Å². The number of hydrogen-bond acceptors (Lipinski definition) is 4. The number of methoxy groups -OCH3 is 1. The maximum atomic E-state index is 11.2. The van der Waals surface area contributed by atoms with Gasteiger partial charge in [-0.15, -0.1) is 0 Å². The molecule has 0 aromatic heterocycles. The molecule has 2 atom stereocenters. The molecule has 0 aliphatic heterocycles. The predicted molar refractivity (Wildman–Crippen MR) is 66.4 cm³/mol. The van der Waals surface area contributed by atoms with Gasteiger partial charge in [0, 0.05) is 19.1 Å². The molecule has 0 rings (SSSR count). The van der Waals surface area contributed by atoms with E-state index in [9.17, 15) is 4.79 Å². The van der Waals surface area contributed by atoms with Gasteiger partial charge in [0.2, 0.25) is 0 Å². The van der Waals surface area contributed by atoms with Gasteiger partial charge < -0.3 is 15.0 Å². The summed E-state index contributed by atoms with van der Waals surface area (Å²) in [4.78, 5) is 13.5. The summed E-state index contributed by atoms with van der Waals surface area (Å²) in [5.74, 6) is -0.230. The molecule has 16 heavy (non-hydrogen) atoms. The van der Waals surface area contributed by atoms with E-state index in [4.69, 9.17) is 0 Å². The van der Waals surface area contributed by atoms with Crippen LogP contribution in [0.2, 0.25) is 0 Å². The normalized spacial score (nSPS) is 14.9. The van der Waals surface area contributed by atoms with Crippen molar-refractivity contribution in [3.05, 3.63) is 0 Å². The Balaban J connectivity index is 3.79. The summed E-state index contributed by atoms with van der Waals surface area (Å²) in [5.41, 5.74) is 0. The number of rotatable bonds is 8. The SMILES string of the molecule is CCN(CC)CC(C)NCC(C)C(=O)OC. The molecule has 0 spiro atoms. The Kier molecular flexibility index (Phi) is 8.21. The third kappa shape index (κ3) is 6.08. The summed E-state index contributed by atoms with van der Waals surface area (Å²) in [5, 5.41) is 3.35. The Bertz CT molecular complexity index is 193. The van der Waals surface area contributed by atoms with Gasteiger partial charge in [-0.2, -0.15) is 0 Å². The van der Waals surface area contributed by atoms with Crippen molar-refractivity contribution in [3.8, 4) is 0 Å². The fraction of sp³-hybridized carbons (Fsp3) is 0.917. The number of carbonyl (C=O) groups excluding carboxylic acids is 1. The molecule has 0 aromatic carbocycles. The van der Waals surface area contributed by atoms with Gasteiger partial charge in [0.25, 0.3) is 0 Å². The van der Waals surface area contributed by atoms with Crippen molar-refractivity contribution in [2.45, 2.75) is 33.7 Å². The molecule has 0 amide bonds. The Morgan fingerprint density at radius 1 is 1.31 bits per heavy atom. The molecule has 4 nitrogen and oxygen atoms in total. The van der Waals surface area contributed by atoms with Crippen LogP contribution in [0.25, 0.3) is 0 Å². The summed E-state index contributed by atoms with van der Waals surface area (Å²) in [6, 6.07) is 0.395. The molecule has 2 unspecified atom stereocenters. The Labute approximate surface area is 99.3 Å². The van der Waals surface area contributed by atoms with Crippen LogP contribution in [0.3, 0.4) is 0 Å². The second-order valence-electron chi connectivity index (χ2n) is 4.22. The van der Waals surface area contributed by atoms with Gasteiger partial charge in [-0.3, -0.25) is 4.79 Å². The minimum absolute atomic E-state index is 0.0795. The van der Waals surface area contributed by atoms with Gasteiger partial charge >= 0.3 is 5.97 Å². The van der Waals surface area contributed by atoms with Crippen molar-refractivity contribution in [3.63, 3.8) is 0 Å². The van der Waals surface area contributed by atoms with Crippen LogP contribution in [0.1, 0.15) is 27.7 Å². The predicted octanol–water partition coefficient (Wildman–Crippen LogP) is 1.12. The minimum Gasteiger partial charge on any atom is -0.469 e. The summed E-state index contributed by atoms with van der Waals surface area (Å²) in [7, 11) is 1.43. The zero-order valence-corrected chi connectivity index (χ0v) is 11.2. The largest absolute Gasteiger partial charge is 0.469 e. The molecule has 0 aliphatic carbocycles. The first kappa shape index (κ1) is 15.4. The fourth-order valence-electron chi connectivity index (χ4n) is 1.60. The molecule has 0 heterocycles. The van der Waals surface area contributed by atoms with Crippen LogP contribution in [-0.4, -0.2) is 50.2 Å². The minimum atomic E-state index is -0.150. The summed E-state index contributed by atoms with van der Waals surface area (Å²) in [6.45, 7) is 12.2. The number of esters is 1. The number of nitrogens with one attached hydrogen (secondary N) is 1. The van der Waals surface area contributed by atoms with Crippen LogP contribution >= 0.6 is 0 Å². The Hall–Kier alpha value is -0.610. The van der Waals surface area contributed by atoms with Crippen LogP contribution < -0.4 is 5.32 Å². The average Bonchev–Trinajstić information content (AvgIpc) is 2.31. The average molecular weight is 230 g/mol. The zero-order valence-electron chi connectivity index (χ0n) is 11.2. The quantitative estimate of drug-likeness (QED) is 0.634. The lowest BCUT2D eigenvalue weighted by Gasteiger charge is -2.24. The van der Waals surface area contributed by atoms with E-state index in [0.29, 0.717) is 12.6 Å². The lowest BCUT2D eigenvalue weighted by Crippen LogP contribution is -2.41. The first-order valence-electron chi connectivity index (χ1n) is 6.08. The maximum absolute atomic E-state index is 11.2. The Morgan fingerprint density at radius 3 is 2.31 bits per heavy atom. The zero-order chi connectivity index (χ0) is 12.6. The molecular formula is C12H26N2O2. The molecule has 0 saturated heterocycles. The molecule has 0 aromatic rings. The van der Waals surface area contributed by atoms with E-state index in [1.165, 1.54) is 7.11 Å². The van der Waals surface area contributed by atoms with Gasteiger partial charge in [0.15, 0.2) is 0 Å². The number of carbonyl (C=O) groups is 1. The van der Waals surface area contributed by atoms with Crippen LogP contribution in [0, 0.1) is 5.92 Å². The molecule has 0 fully saturated rings. The number of likely N-dealkylation sites (N-methyl/N-ethyl adjacent to an activating group) is 1. The van der Waals surface area contributed by atoms with Crippen molar-refractivity contribution in [1.29, 1.82) is 0 Å². The van der Waals surface area contributed by atoms with Crippen molar-refractivity contribution >= 4 is 5.97 Å². The molecule has 1 N–H and O–H groups in total. The van der Waals surface area contributed by atoms with E-state index in [-0.39, 0.29) is 11.9 Å². The van der Waals surface area contributed by atoms with Crippen LogP contribution in [0.5, 0.6) is 0 Å². The monoisotopic (exact) mass is 230 g/mol. The standard InChI is InChI=1S/C12H26N2O2/c1-6-14(7-2)9-11(4)13-8-10(3)12(15)16-5/h10-11,13H,6-9H2,1-5H3.